The zero-order chi connectivity index (χ0) is 15.7. The molecule has 0 spiro atoms. The number of likely N-dealkylation sites (N-methyl/N-ethyl adjacent to an activating group) is 1. The molecule has 0 fully saturated rings. The number of nitrogens with zero attached hydrogens (tertiary/aromatic N) is 1. The van der Waals surface area contributed by atoms with Gasteiger partial charge >= 0.3 is 0 Å². The van der Waals surface area contributed by atoms with Gasteiger partial charge in [-0.1, -0.05) is 25.4 Å². The van der Waals surface area contributed by atoms with Crippen LogP contribution >= 0.6 is 11.6 Å². The van der Waals surface area contributed by atoms with Crippen LogP contribution in [0.15, 0.2) is 12.1 Å². The predicted molar refractivity (Wildman–Crippen MR) is 88.7 cm³/mol. The van der Waals surface area contributed by atoms with Crippen LogP contribution in [0, 0.1) is 0 Å². The summed E-state index contributed by atoms with van der Waals surface area (Å²) in [6.45, 7) is 11.8. The molecular weight excluding hydrogens is 288 g/mol. The first kappa shape index (κ1) is 18.1. The second-order valence-electron chi connectivity index (χ2n) is 4.73. The molecule has 0 unspecified atom stereocenters. The van der Waals surface area contributed by atoms with Crippen LogP contribution in [0.3, 0.4) is 0 Å². The van der Waals surface area contributed by atoms with Crippen molar-refractivity contribution in [3.05, 3.63) is 22.7 Å². The van der Waals surface area contributed by atoms with E-state index in [1.807, 2.05) is 13.0 Å². The number of hydrogen-bond acceptors (Lipinski definition) is 4. The molecule has 0 heterocycles. The first-order valence-corrected chi connectivity index (χ1v) is 7.96. The minimum Gasteiger partial charge on any atom is -0.493 e. The Morgan fingerprint density at radius 1 is 1.19 bits per heavy atom. The maximum atomic E-state index is 6.14. The summed E-state index contributed by atoms with van der Waals surface area (Å²) in [5.74, 6) is 1.46. The highest BCUT2D eigenvalue weighted by atomic mass is 35.5. The third-order valence-electron chi connectivity index (χ3n) is 3.42. The minimum absolute atomic E-state index is 0.602. The third-order valence-corrected chi connectivity index (χ3v) is 3.64. The lowest BCUT2D eigenvalue weighted by atomic mass is 10.2. The van der Waals surface area contributed by atoms with E-state index < -0.39 is 0 Å². The quantitative estimate of drug-likeness (QED) is 0.673. The summed E-state index contributed by atoms with van der Waals surface area (Å²) < 4.78 is 11.1. The molecule has 1 aromatic rings. The Balaban J connectivity index is 2.66. The number of nitrogens with one attached hydrogen (secondary N) is 1. The Hall–Kier alpha value is -0.970. The molecule has 4 nitrogen and oxygen atoms in total. The summed E-state index contributed by atoms with van der Waals surface area (Å²) in [5, 5.41) is 4.11. The van der Waals surface area contributed by atoms with Gasteiger partial charge in [0, 0.05) is 36.3 Å². The van der Waals surface area contributed by atoms with Crippen molar-refractivity contribution in [1.82, 2.24) is 10.2 Å². The number of rotatable bonds is 10. The van der Waals surface area contributed by atoms with Crippen LogP contribution in [-0.2, 0) is 6.54 Å². The Morgan fingerprint density at radius 2 is 1.90 bits per heavy atom. The minimum atomic E-state index is 0.602. The van der Waals surface area contributed by atoms with E-state index in [0.29, 0.717) is 23.9 Å². The average Bonchev–Trinajstić information content (AvgIpc) is 2.49. The molecule has 0 radical (unpaired) electrons. The largest absolute Gasteiger partial charge is 0.493 e. The van der Waals surface area contributed by atoms with Crippen LogP contribution < -0.4 is 14.8 Å². The van der Waals surface area contributed by atoms with Gasteiger partial charge in [-0.25, -0.2) is 0 Å². The van der Waals surface area contributed by atoms with Gasteiger partial charge in [0.2, 0.25) is 0 Å². The zero-order valence-electron chi connectivity index (χ0n) is 13.5. The standard InChI is InChI=1S/C16H27ClN2O2/c1-5-19(6-2)9-8-18-12-13-10-14(17)11-15(20-4)16(13)21-7-3/h10-11,18H,5-9,12H2,1-4H3. The van der Waals surface area contributed by atoms with Crippen LogP contribution in [0.1, 0.15) is 26.3 Å². The fraction of sp³-hybridized carbons (Fsp3) is 0.625. The Morgan fingerprint density at radius 3 is 2.48 bits per heavy atom. The molecule has 0 atom stereocenters. The molecule has 1 rings (SSSR count). The maximum Gasteiger partial charge on any atom is 0.165 e. The Kier molecular flexibility index (Phi) is 8.50. The summed E-state index contributed by atoms with van der Waals surface area (Å²) in [5.41, 5.74) is 1.03. The number of halogens is 1. The molecule has 1 aromatic carbocycles. The van der Waals surface area contributed by atoms with E-state index in [-0.39, 0.29) is 0 Å². The van der Waals surface area contributed by atoms with Crippen molar-refractivity contribution >= 4 is 11.6 Å². The second kappa shape index (κ2) is 9.87. The van der Waals surface area contributed by atoms with Crippen molar-refractivity contribution < 1.29 is 9.47 Å². The third kappa shape index (κ3) is 5.73. The smallest absolute Gasteiger partial charge is 0.165 e. The van der Waals surface area contributed by atoms with Crippen LogP contribution in [0.5, 0.6) is 11.5 Å². The monoisotopic (exact) mass is 314 g/mol. The lowest BCUT2D eigenvalue weighted by Gasteiger charge is -2.19. The van der Waals surface area contributed by atoms with Gasteiger partial charge in [0.1, 0.15) is 0 Å². The lowest BCUT2D eigenvalue weighted by Crippen LogP contribution is -2.31. The Bertz CT molecular complexity index is 423. The molecule has 0 saturated heterocycles. The van der Waals surface area contributed by atoms with Crippen molar-refractivity contribution in [2.45, 2.75) is 27.3 Å². The average molecular weight is 315 g/mol. The molecule has 1 N–H and O–H groups in total. The molecule has 120 valence electrons. The maximum absolute atomic E-state index is 6.14. The summed E-state index contributed by atoms with van der Waals surface area (Å²) >= 11 is 6.14. The highest BCUT2D eigenvalue weighted by molar-refractivity contribution is 6.30. The number of ether oxygens (including phenoxy) is 2. The van der Waals surface area contributed by atoms with Crippen LogP contribution in [0.4, 0.5) is 0 Å². The molecule has 0 bridgehead atoms. The molecule has 0 saturated carbocycles. The van der Waals surface area contributed by atoms with Gasteiger partial charge in [0.25, 0.3) is 0 Å². The molecular formula is C16H27ClN2O2. The summed E-state index contributed by atoms with van der Waals surface area (Å²) in [6.07, 6.45) is 0. The van der Waals surface area contributed by atoms with Crippen LogP contribution in [0.25, 0.3) is 0 Å². The summed E-state index contributed by atoms with van der Waals surface area (Å²) in [4.78, 5) is 2.38. The van der Waals surface area contributed by atoms with Crippen molar-refractivity contribution in [3.63, 3.8) is 0 Å². The van der Waals surface area contributed by atoms with E-state index in [1.165, 1.54) is 0 Å². The molecule has 0 aliphatic rings. The van der Waals surface area contributed by atoms with Gasteiger partial charge in [-0.05, 0) is 26.1 Å². The van der Waals surface area contributed by atoms with E-state index in [1.54, 1.807) is 13.2 Å². The summed E-state index contributed by atoms with van der Waals surface area (Å²) in [7, 11) is 1.63. The van der Waals surface area contributed by atoms with Crippen LogP contribution in [-0.4, -0.2) is 44.8 Å². The topological polar surface area (TPSA) is 33.7 Å². The zero-order valence-corrected chi connectivity index (χ0v) is 14.3. The number of methoxy groups -OCH3 is 1. The Labute approximate surface area is 133 Å². The van der Waals surface area contributed by atoms with E-state index >= 15 is 0 Å². The van der Waals surface area contributed by atoms with Crippen molar-refractivity contribution in [3.8, 4) is 11.5 Å². The van der Waals surface area contributed by atoms with Gasteiger partial charge < -0.3 is 19.7 Å². The van der Waals surface area contributed by atoms with Crippen molar-refractivity contribution in [2.24, 2.45) is 0 Å². The van der Waals surface area contributed by atoms with Crippen molar-refractivity contribution in [2.75, 3.05) is 39.9 Å². The van der Waals surface area contributed by atoms with Crippen molar-refractivity contribution in [1.29, 1.82) is 0 Å². The molecule has 0 aliphatic heterocycles. The number of benzene rings is 1. The number of hydrogen-bond donors (Lipinski definition) is 1. The highest BCUT2D eigenvalue weighted by Crippen LogP contribution is 2.34. The fourth-order valence-corrected chi connectivity index (χ4v) is 2.44. The van der Waals surface area contributed by atoms with E-state index in [4.69, 9.17) is 21.1 Å². The SMILES string of the molecule is CCOc1c(CNCCN(CC)CC)cc(Cl)cc1OC. The first-order valence-electron chi connectivity index (χ1n) is 7.58. The molecule has 0 aliphatic carbocycles. The van der Waals surface area contributed by atoms with E-state index in [2.05, 4.69) is 24.1 Å². The van der Waals surface area contributed by atoms with Gasteiger partial charge in [0.05, 0.1) is 13.7 Å². The van der Waals surface area contributed by atoms with Gasteiger partial charge in [0.15, 0.2) is 11.5 Å². The molecule has 5 heteroatoms. The second-order valence-corrected chi connectivity index (χ2v) is 5.17. The molecule has 21 heavy (non-hydrogen) atoms. The van der Waals surface area contributed by atoms with E-state index in [9.17, 15) is 0 Å². The molecule has 0 amide bonds. The summed E-state index contributed by atoms with van der Waals surface area (Å²) in [6, 6.07) is 3.71. The molecule has 0 aromatic heterocycles. The van der Waals surface area contributed by atoms with Gasteiger partial charge in [-0.2, -0.15) is 0 Å². The predicted octanol–water partition coefficient (Wildman–Crippen LogP) is 3.18. The lowest BCUT2D eigenvalue weighted by molar-refractivity contribution is 0.297. The van der Waals surface area contributed by atoms with Gasteiger partial charge in [-0.15, -0.1) is 0 Å². The highest BCUT2D eigenvalue weighted by Gasteiger charge is 2.12. The van der Waals surface area contributed by atoms with E-state index in [0.717, 1.165) is 37.5 Å². The first-order chi connectivity index (χ1) is 10.2. The normalized spacial score (nSPS) is 11.0. The van der Waals surface area contributed by atoms with Crippen LogP contribution in [0.2, 0.25) is 5.02 Å². The fourth-order valence-electron chi connectivity index (χ4n) is 2.21. The van der Waals surface area contributed by atoms with Gasteiger partial charge in [-0.3, -0.25) is 0 Å².